The minimum Gasteiger partial charge on any atom is -0.494 e. The number of nitrogens with zero attached hydrogens (tertiary/aromatic N) is 1. The summed E-state index contributed by atoms with van der Waals surface area (Å²) in [7, 11) is 0. The van der Waals surface area contributed by atoms with Crippen LogP contribution in [0.5, 0.6) is 5.75 Å². The third-order valence-electron chi connectivity index (χ3n) is 4.08. The van der Waals surface area contributed by atoms with Gasteiger partial charge < -0.3 is 15.4 Å². The Morgan fingerprint density at radius 3 is 2.58 bits per heavy atom. The molecule has 19 heavy (non-hydrogen) atoms. The summed E-state index contributed by atoms with van der Waals surface area (Å²) >= 11 is 0. The van der Waals surface area contributed by atoms with E-state index in [2.05, 4.69) is 4.90 Å². The number of amides is 1. The Labute approximate surface area is 113 Å². The molecule has 1 aromatic rings. The van der Waals surface area contributed by atoms with Gasteiger partial charge in [-0.05, 0) is 48.9 Å². The van der Waals surface area contributed by atoms with Gasteiger partial charge in [0.05, 0.1) is 6.61 Å². The maximum atomic E-state index is 10.9. The third-order valence-corrected chi connectivity index (χ3v) is 4.08. The number of benzene rings is 1. The summed E-state index contributed by atoms with van der Waals surface area (Å²) in [5.74, 6) is 2.40. The van der Waals surface area contributed by atoms with Crippen LogP contribution in [0.1, 0.15) is 23.2 Å². The Kier molecular flexibility index (Phi) is 3.42. The molecule has 0 spiro atoms. The highest BCUT2D eigenvalue weighted by molar-refractivity contribution is 5.92. The Morgan fingerprint density at radius 1 is 1.26 bits per heavy atom. The van der Waals surface area contributed by atoms with Crippen LogP contribution in [0.3, 0.4) is 0 Å². The van der Waals surface area contributed by atoms with Gasteiger partial charge in [0.15, 0.2) is 0 Å². The van der Waals surface area contributed by atoms with Gasteiger partial charge in [0.2, 0.25) is 5.91 Å². The Balaban J connectivity index is 1.36. The van der Waals surface area contributed by atoms with Crippen LogP contribution in [0.2, 0.25) is 0 Å². The Bertz CT molecular complexity index is 448. The number of nitrogens with two attached hydrogens (primary N) is 1. The number of likely N-dealkylation sites (tertiary alicyclic amines) is 1. The zero-order chi connectivity index (χ0) is 13.2. The lowest BCUT2D eigenvalue weighted by Gasteiger charge is -2.17. The fraction of sp³-hybridized carbons (Fsp3) is 0.533. The van der Waals surface area contributed by atoms with Gasteiger partial charge in [-0.3, -0.25) is 4.79 Å². The van der Waals surface area contributed by atoms with E-state index in [0.717, 1.165) is 37.2 Å². The predicted octanol–water partition coefficient (Wildman–Crippen LogP) is 1.51. The van der Waals surface area contributed by atoms with Crippen molar-refractivity contribution < 1.29 is 9.53 Å². The molecule has 1 heterocycles. The topological polar surface area (TPSA) is 55.6 Å². The molecule has 1 saturated carbocycles. The van der Waals surface area contributed by atoms with Crippen molar-refractivity contribution in [3.63, 3.8) is 0 Å². The van der Waals surface area contributed by atoms with Crippen LogP contribution in [0.25, 0.3) is 0 Å². The van der Waals surface area contributed by atoms with E-state index >= 15 is 0 Å². The molecule has 2 unspecified atom stereocenters. The minimum absolute atomic E-state index is 0.404. The molecule has 4 heteroatoms. The molecule has 4 nitrogen and oxygen atoms in total. The van der Waals surface area contributed by atoms with Crippen LogP contribution in [-0.2, 0) is 0 Å². The van der Waals surface area contributed by atoms with Gasteiger partial charge >= 0.3 is 0 Å². The molecule has 2 aliphatic rings. The van der Waals surface area contributed by atoms with E-state index in [4.69, 9.17) is 10.5 Å². The van der Waals surface area contributed by atoms with E-state index < -0.39 is 5.91 Å². The van der Waals surface area contributed by atoms with Gasteiger partial charge in [0, 0.05) is 25.2 Å². The molecular formula is C15H20N2O2. The van der Waals surface area contributed by atoms with Crippen molar-refractivity contribution in [2.45, 2.75) is 12.8 Å². The second-order valence-electron chi connectivity index (χ2n) is 5.61. The summed E-state index contributed by atoms with van der Waals surface area (Å²) in [5.41, 5.74) is 5.70. The van der Waals surface area contributed by atoms with Crippen LogP contribution in [0.15, 0.2) is 24.3 Å². The second-order valence-corrected chi connectivity index (χ2v) is 5.61. The first-order valence-electron chi connectivity index (χ1n) is 6.97. The normalized spacial score (nSPS) is 25.1. The first-order chi connectivity index (χ1) is 9.22. The molecule has 0 bridgehead atoms. The first kappa shape index (κ1) is 12.5. The lowest BCUT2D eigenvalue weighted by atomic mass is 10.2. The summed E-state index contributed by atoms with van der Waals surface area (Å²) in [6.45, 7) is 4.43. The first-order valence-corrected chi connectivity index (χ1v) is 6.97. The van der Waals surface area contributed by atoms with Crippen molar-refractivity contribution in [1.82, 2.24) is 4.90 Å². The van der Waals surface area contributed by atoms with Gasteiger partial charge in [-0.15, -0.1) is 0 Å². The van der Waals surface area contributed by atoms with Crippen molar-refractivity contribution in [3.05, 3.63) is 29.8 Å². The highest BCUT2D eigenvalue weighted by Crippen LogP contribution is 2.44. The molecule has 2 N–H and O–H groups in total. The molecule has 2 atom stereocenters. The van der Waals surface area contributed by atoms with Crippen molar-refractivity contribution >= 4 is 5.91 Å². The maximum absolute atomic E-state index is 10.9. The van der Waals surface area contributed by atoms with Gasteiger partial charge in [0.1, 0.15) is 5.75 Å². The van der Waals surface area contributed by atoms with Crippen LogP contribution in [0.4, 0.5) is 0 Å². The molecule has 1 amide bonds. The Morgan fingerprint density at radius 2 is 1.95 bits per heavy atom. The Hall–Kier alpha value is -1.55. The van der Waals surface area contributed by atoms with E-state index in [0.29, 0.717) is 5.56 Å². The molecule has 3 rings (SSSR count). The molecule has 1 saturated heterocycles. The maximum Gasteiger partial charge on any atom is 0.248 e. The lowest BCUT2D eigenvalue weighted by molar-refractivity contribution is 0.100. The van der Waals surface area contributed by atoms with Crippen molar-refractivity contribution in [2.24, 2.45) is 17.6 Å². The summed E-state index contributed by atoms with van der Waals surface area (Å²) in [6.07, 6.45) is 2.51. The number of piperidine rings is 1. The quantitative estimate of drug-likeness (QED) is 0.789. The number of hydrogen-bond acceptors (Lipinski definition) is 3. The predicted molar refractivity (Wildman–Crippen MR) is 73.1 cm³/mol. The zero-order valence-electron chi connectivity index (χ0n) is 11.0. The zero-order valence-corrected chi connectivity index (χ0v) is 11.0. The monoisotopic (exact) mass is 260 g/mol. The fourth-order valence-electron chi connectivity index (χ4n) is 2.87. The second kappa shape index (κ2) is 5.21. The van der Waals surface area contributed by atoms with Crippen LogP contribution >= 0.6 is 0 Å². The largest absolute Gasteiger partial charge is 0.494 e. The SMILES string of the molecule is NC(=O)c1ccc(OCCCN2CC3CC3C2)cc1. The van der Waals surface area contributed by atoms with Crippen molar-refractivity contribution in [3.8, 4) is 5.75 Å². The van der Waals surface area contributed by atoms with E-state index in [-0.39, 0.29) is 0 Å². The standard InChI is InChI=1S/C15H20N2O2/c16-15(18)11-2-4-14(5-3-11)19-7-1-6-17-9-12-8-13(12)10-17/h2-5,12-13H,1,6-10H2,(H2,16,18). The van der Waals surface area contributed by atoms with E-state index in [1.165, 1.54) is 19.5 Å². The summed E-state index contributed by atoms with van der Waals surface area (Å²) < 4.78 is 5.66. The van der Waals surface area contributed by atoms with Gasteiger partial charge in [-0.25, -0.2) is 0 Å². The molecule has 0 radical (unpaired) electrons. The van der Waals surface area contributed by atoms with Crippen LogP contribution < -0.4 is 10.5 Å². The van der Waals surface area contributed by atoms with Crippen LogP contribution in [0, 0.1) is 11.8 Å². The number of rotatable bonds is 6. The molecule has 2 fully saturated rings. The third kappa shape index (κ3) is 3.07. The fourth-order valence-corrected chi connectivity index (χ4v) is 2.87. The lowest BCUT2D eigenvalue weighted by Crippen LogP contribution is -2.25. The molecule has 0 aromatic heterocycles. The summed E-state index contributed by atoms with van der Waals surface area (Å²) in [4.78, 5) is 13.5. The molecule has 1 aliphatic carbocycles. The number of carbonyl (C=O) groups excluding carboxylic acids is 1. The van der Waals surface area contributed by atoms with Gasteiger partial charge in [-0.1, -0.05) is 0 Å². The molecule has 1 aliphatic heterocycles. The van der Waals surface area contributed by atoms with E-state index in [1.807, 2.05) is 0 Å². The molecular weight excluding hydrogens is 240 g/mol. The summed E-state index contributed by atoms with van der Waals surface area (Å²) in [5, 5.41) is 0. The molecule has 102 valence electrons. The average molecular weight is 260 g/mol. The van der Waals surface area contributed by atoms with Gasteiger partial charge in [0.25, 0.3) is 0 Å². The van der Waals surface area contributed by atoms with Gasteiger partial charge in [-0.2, -0.15) is 0 Å². The molecule has 1 aromatic carbocycles. The van der Waals surface area contributed by atoms with E-state index in [1.54, 1.807) is 24.3 Å². The van der Waals surface area contributed by atoms with Crippen molar-refractivity contribution in [1.29, 1.82) is 0 Å². The average Bonchev–Trinajstić information content (AvgIpc) is 3.02. The van der Waals surface area contributed by atoms with E-state index in [9.17, 15) is 4.79 Å². The minimum atomic E-state index is -0.404. The smallest absolute Gasteiger partial charge is 0.248 e. The number of carbonyl (C=O) groups is 1. The number of primary amides is 1. The highest BCUT2D eigenvalue weighted by atomic mass is 16.5. The van der Waals surface area contributed by atoms with Crippen LogP contribution in [-0.4, -0.2) is 37.0 Å². The number of ether oxygens (including phenoxy) is 1. The number of hydrogen-bond donors (Lipinski definition) is 1. The summed E-state index contributed by atoms with van der Waals surface area (Å²) in [6, 6.07) is 6.99. The highest BCUT2D eigenvalue weighted by Gasteiger charge is 2.44. The number of fused-ring (bicyclic) bond motifs is 1. The van der Waals surface area contributed by atoms with Crippen molar-refractivity contribution in [2.75, 3.05) is 26.2 Å².